The number of aliphatic hydroxyl groups is 1. The van der Waals surface area contributed by atoms with Gasteiger partial charge in [-0.25, -0.2) is 4.39 Å². The highest BCUT2D eigenvalue weighted by Gasteiger charge is 2.61. The molecule has 0 spiro atoms. The molecular weight excluding hydrogens is 396 g/mol. The average Bonchev–Trinajstić information content (AvgIpc) is 3.23. The van der Waals surface area contributed by atoms with Crippen LogP contribution >= 0.6 is 0 Å². The Morgan fingerprint density at radius 3 is 2.86 bits per heavy atom. The minimum Gasteiger partial charge on any atom is -0.403 e. The summed E-state index contributed by atoms with van der Waals surface area (Å²) in [7, 11) is 0. The number of benzene rings is 1. The molecule has 4 rings (SSSR count). The first-order valence-corrected chi connectivity index (χ1v) is 9.74. The van der Waals surface area contributed by atoms with E-state index in [0.29, 0.717) is 19.6 Å². The number of alkyl halides is 3. The Morgan fingerprint density at radius 1 is 1.31 bits per heavy atom. The lowest BCUT2D eigenvalue weighted by atomic mass is 9.99. The van der Waals surface area contributed by atoms with Gasteiger partial charge in [-0.15, -0.1) is 13.2 Å². The number of rotatable bonds is 7. The van der Waals surface area contributed by atoms with Crippen LogP contribution in [-0.4, -0.2) is 49.3 Å². The summed E-state index contributed by atoms with van der Waals surface area (Å²) in [5.74, 6) is -2.16. The molecule has 1 aliphatic carbocycles. The first kappa shape index (κ1) is 20.6. The zero-order valence-corrected chi connectivity index (χ0v) is 15.7. The van der Waals surface area contributed by atoms with Crippen molar-refractivity contribution in [2.24, 2.45) is 5.41 Å². The molecule has 1 saturated carbocycles. The summed E-state index contributed by atoms with van der Waals surface area (Å²) in [6.07, 6.45) is -1.84. The molecule has 3 aliphatic rings. The van der Waals surface area contributed by atoms with Crippen LogP contribution < -0.4 is 15.4 Å². The van der Waals surface area contributed by atoms with Crippen molar-refractivity contribution in [3.8, 4) is 5.75 Å². The molecule has 2 saturated heterocycles. The lowest BCUT2D eigenvalue weighted by Gasteiger charge is -2.26. The lowest BCUT2D eigenvalue weighted by molar-refractivity contribution is -0.275. The predicted octanol–water partition coefficient (Wildman–Crippen LogP) is 3.12. The van der Waals surface area contributed by atoms with Crippen LogP contribution in [0.25, 0.3) is 0 Å². The molecule has 3 N–H and O–H groups in total. The molecular formula is C19H24F4N2O4. The van der Waals surface area contributed by atoms with Gasteiger partial charge in [0.25, 0.3) is 0 Å². The van der Waals surface area contributed by atoms with E-state index in [2.05, 4.69) is 15.4 Å². The lowest BCUT2D eigenvalue weighted by Crippen LogP contribution is -2.42. The predicted molar refractivity (Wildman–Crippen MR) is 94.6 cm³/mol. The fraction of sp³-hybridized carbons (Fsp3) is 0.684. The normalized spacial score (nSPS) is 32.5. The van der Waals surface area contributed by atoms with Crippen LogP contribution in [0.3, 0.4) is 0 Å². The molecule has 3 fully saturated rings. The van der Waals surface area contributed by atoms with E-state index < -0.39 is 24.2 Å². The van der Waals surface area contributed by atoms with Gasteiger partial charge < -0.3 is 30.0 Å². The third-order valence-corrected chi connectivity index (χ3v) is 5.80. The van der Waals surface area contributed by atoms with Gasteiger partial charge in [0.05, 0.1) is 18.3 Å². The summed E-state index contributed by atoms with van der Waals surface area (Å²) in [6.45, 7) is 1.22. The van der Waals surface area contributed by atoms with Crippen molar-refractivity contribution in [3.05, 3.63) is 24.0 Å². The maximum atomic E-state index is 14.3. The second-order valence-corrected chi connectivity index (χ2v) is 7.96. The molecule has 0 aromatic heterocycles. The Kier molecular flexibility index (Phi) is 5.62. The van der Waals surface area contributed by atoms with Gasteiger partial charge >= 0.3 is 6.36 Å². The smallest absolute Gasteiger partial charge is 0.403 e. The van der Waals surface area contributed by atoms with Gasteiger partial charge in [-0.3, -0.25) is 0 Å². The third kappa shape index (κ3) is 4.76. The molecule has 29 heavy (non-hydrogen) atoms. The summed E-state index contributed by atoms with van der Waals surface area (Å²) in [5, 5.41) is 16.3. The van der Waals surface area contributed by atoms with E-state index in [1.165, 1.54) is 12.1 Å². The first-order chi connectivity index (χ1) is 13.8. The molecule has 5 atom stereocenters. The fourth-order valence-corrected chi connectivity index (χ4v) is 4.17. The molecule has 10 heteroatoms. The van der Waals surface area contributed by atoms with E-state index in [4.69, 9.17) is 9.47 Å². The van der Waals surface area contributed by atoms with Crippen molar-refractivity contribution < 1.29 is 36.9 Å². The quantitative estimate of drug-likeness (QED) is 0.465. The van der Waals surface area contributed by atoms with Gasteiger partial charge in [0.2, 0.25) is 0 Å². The second-order valence-electron chi connectivity index (χ2n) is 7.96. The van der Waals surface area contributed by atoms with Gasteiger partial charge in [-0.05, 0) is 44.2 Å². The zero-order valence-electron chi connectivity index (χ0n) is 15.7. The molecule has 6 nitrogen and oxygen atoms in total. The van der Waals surface area contributed by atoms with E-state index in [1.54, 1.807) is 0 Å². The molecule has 1 aromatic rings. The number of nitrogens with one attached hydrogen (secondary N) is 2. The van der Waals surface area contributed by atoms with Crippen molar-refractivity contribution >= 4 is 5.69 Å². The second kappa shape index (κ2) is 7.90. The van der Waals surface area contributed by atoms with E-state index in [1.807, 2.05) is 0 Å². The Morgan fingerprint density at radius 2 is 2.14 bits per heavy atom. The molecule has 0 amide bonds. The third-order valence-electron chi connectivity index (χ3n) is 5.80. The van der Waals surface area contributed by atoms with Crippen LogP contribution in [0.1, 0.15) is 32.1 Å². The highest BCUT2D eigenvalue weighted by molar-refractivity contribution is 5.51. The van der Waals surface area contributed by atoms with Gasteiger partial charge in [-0.2, -0.15) is 0 Å². The summed E-state index contributed by atoms with van der Waals surface area (Å²) in [6, 6.07) is 3.16. The number of hydrogen-bond acceptors (Lipinski definition) is 6. The number of ether oxygens (including phenoxy) is 3. The van der Waals surface area contributed by atoms with Crippen molar-refractivity contribution in [3.63, 3.8) is 0 Å². The van der Waals surface area contributed by atoms with Crippen LogP contribution in [0.5, 0.6) is 5.75 Å². The van der Waals surface area contributed by atoms with E-state index >= 15 is 0 Å². The van der Waals surface area contributed by atoms with Crippen molar-refractivity contribution in [1.29, 1.82) is 0 Å². The van der Waals surface area contributed by atoms with Crippen LogP contribution in [0.15, 0.2) is 18.2 Å². The largest absolute Gasteiger partial charge is 0.573 e. The van der Waals surface area contributed by atoms with Crippen molar-refractivity contribution in [2.75, 3.05) is 18.5 Å². The monoisotopic (exact) mass is 420 g/mol. The number of aliphatic hydroxyl groups excluding tert-OH is 1. The zero-order chi connectivity index (χ0) is 20.6. The van der Waals surface area contributed by atoms with E-state index in [9.17, 15) is 22.7 Å². The van der Waals surface area contributed by atoms with Crippen LogP contribution in [0, 0.1) is 11.2 Å². The van der Waals surface area contributed by atoms with Crippen LogP contribution in [-0.2, 0) is 9.47 Å². The Bertz CT molecular complexity index is 729. The molecule has 0 bridgehead atoms. The summed E-state index contributed by atoms with van der Waals surface area (Å²) < 4.78 is 66.5. The average molecular weight is 420 g/mol. The fourth-order valence-electron chi connectivity index (χ4n) is 4.17. The number of halogens is 4. The Labute approximate surface area is 165 Å². The molecule has 162 valence electrons. The molecule has 2 heterocycles. The van der Waals surface area contributed by atoms with Crippen molar-refractivity contribution in [1.82, 2.24) is 5.32 Å². The minimum atomic E-state index is -5.00. The summed E-state index contributed by atoms with van der Waals surface area (Å²) >= 11 is 0. The molecule has 0 radical (unpaired) electrons. The highest BCUT2D eigenvalue weighted by atomic mass is 19.4. The Hall–Kier alpha value is -1.62. The van der Waals surface area contributed by atoms with Crippen LogP contribution in [0.4, 0.5) is 23.2 Å². The SMILES string of the molecule is OC(Nc1cccc(OC(F)(F)F)c1F)C1CC2(COC3CCCCO3)CC2N1. The molecule has 1 aromatic carbocycles. The van der Waals surface area contributed by atoms with E-state index in [0.717, 1.165) is 31.7 Å². The number of fused-ring (bicyclic) bond motifs is 1. The maximum Gasteiger partial charge on any atom is 0.573 e. The summed E-state index contributed by atoms with van der Waals surface area (Å²) in [5.41, 5.74) is -0.351. The van der Waals surface area contributed by atoms with Gasteiger partial charge in [-0.1, -0.05) is 6.07 Å². The first-order valence-electron chi connectivity index (χ1n) is 9.74. The molecule has 2 aliphatic heterocycles. The van der Waals surface area contributed by atoms with Gasteiger partial charge in [0.1, 0.15) is 6.23 Å². The van der Waals surface area contributed by atoms with Crippen molar-refractivity contribution in [2.45, 2.75) is 63.1 Å². The topological polar surface area (TPSA) is 72.0 Å². The number of piperidine rings is 1. The van der Waals surface area contributed by atoms with Gasteiger partial charge in [0, 0.05) is 18.1 Å². The molecule has 5 unspecified atom stereocenters. The standard InChI is InChI=1S/C19H24F4N2O4/c20-16-11(4-3-5-13(16)29-19(21,22)23)25-17(26)12-8-18(9-14(18)24-12)10-28-15-6-1-2-7-27-15/h3-5,12,14-15,17,24-26H,1-2,6-10H2. The minimum absolute atomic E-state index is 0.0894. The van der Waals surface area contributed by atoms with Gasteiger partial charge in [0.15, 0.2) is 17.9 Å². The number of hydrogen-bond donors (Lipinski definition) is 3. The summed E-state index contributed by atoms with van der Waals surface area (Å²) in [4.78, 5) is 0. The number of anilines is 1. The van der Waals surface area contributed by atoms with E-state index in [-0.39, 0.29) is 29.5 Å². The van der Waals surface area contributed by atoms with Crippen LogP contribution in [0.2, 0.25) is 0 Å². The Balaban J connectivity index is 1.32. The highest BCUT2D eigenvalue weighted by Crippen LogP contribution is 2.55. The maximum absolute atomic E-state index is 14.3.